The average molecular weight is 322 g/mol. The Labute approximate surface area is 132 Å². The standard InChI is InChI=1S/C15H13ClFN3S/c16-11-5-3-7-18-14(11)20-15(21)19-13-8-10(13)9-4-1-2-6-12(9)17/h1-7,10,13H,8H2,(H2,18,19,20,21). The van der Waals surface area contributed by atoms with Crippen LogP contribution in [0.15, 0.2) is 42.6 Å². The van der Waals surface area contributed by atoms with Crippen molar-refractivity contribution in [2.75, 3.05) is 5.32 Å². The summed E-state index contributed by atoms with van der Waals surface area (Å²) in [4.78, 5) is 4.11. The maximum atomic E-state index is 13.7. The molecule has 3 rings (SSSR count). The van der Waals surface area contributed by atoms with E-state index in [-0.39, 0.29) is 17.8 Å². The fourth-order valence-corrected chi connectivity index (χ4v) is 2.68. The topological polar surface area (TPSA) is 37.0 Å². The first kappa shape index (κ1) is 14.2. The molecule has 108 valence electrons. The van der Waals surface area contributed by atoms with Crippen molar-refractivity contribution >= 4 is 34.7 Å². The number of hydrogen-bond donors (Lipinski definition) is 2. The maximum Gasteiger partial charge on any atom is 0.172 e. The van der Waals surface area contributed by atoms with Gasteiger partial charge in [-0.15, -0.1) is 0 Å². The Bertz CT molecular complexity index is 679. The van der Waals surface area contributed by atoms with Crippen LogP contribution in [0.25, 0.3) is 0 Å². The number of pyridine rings is 1. The van der Waals surface area contributed by atoms with Crippen molar-refractivity contribution in [2.24, 2.45) is 0 Å². The summed E-state index contributed by atoms with van der Waals surface area (Å²) in [5.74, 6) is 0.503. The summed E-state index contributed by atoms with van der Waals surface area (Å²) in [5, 5.41) is 7.06. The lowest BCUT2D eigenvalue weighted by molar-refractivity contribution is 0.608. The molecule has 1 aliphatic carbocycles. The molecular formula is C15H13ClFN3S. The van der Waals surface area contributed by atoms with Gasteiger partial charge in [-0.05, 0) is 42.4 Å². The number of aromatic nitrogens is 1. The van der Waals surface area contributed by atoms with Crippen LogP contribution in [0.3, 0.4) is 0 Å². The summed E-state index contributed by atoms with van der Waals surface area (Å²) >= 11 is 11.2. The van der Waals surface area contributed by atoms with E-state index in [4.69, 9.17) is 23.8 Å². The summed E-state index contributed by atoms with van der Waals surface area (Å²) < 4.78 is 13.7. The Morgan fingerprint density at radius 2 is 2.10 bits per heavy atom. The first-order valence-corrected chi connectivity index (χ1v) is 7.36. The van der Waals surface area contributed by atoms with Gasteiger partial charge >= 0.3 is 0 Å². The number of anilines is 1. The molecule has 1 aliphatic rings. The Kier molecular flexibility index (Phi) is 4.03. The summed E-state index contributed by atoms with van der Waals surface area (Å²) in [5.41, 5.74) is 0.730. The maximum absolute atomic E-state index is 13.7. The SMILES string of the molecule is Fc1ccccc1C1CC1NC(=S)Nc1ncccc1Cl. The fourth-order valence-electron chi connectivity index (χ4n) is 2.26. The Hall–Kier alpha value is -1.72. The normalized spacial score (nSPS) is 19.9. The van der Waals surface area contributed by atoms with Crippen LogP contribution < -0.4 is 10.6 Å². The van der Waals surface area contributed by atoms with Crippen molar-refractivity contribution < 1.29 is 4.39 Å². The number of halogens is 2. The Morgan fingerprint density at radius 3 is 2.86 bits per heavy atom. The molecule has 1 saturated carbocycles. The van der Waals surface area contributed by atoms with Crippen LogP contribution in [0.4, 0.5) is 10.2 Å². The molecule has 21 heavy (non-hydrogen) atoms. The van der Waals surface area contributed by atoms with Crippen molar-refractivity contribution in [2.45, 2.75) is 18.4 Å². The van der Waals surface area contributed by atoms with E-state index < -0.39 is 0 Å². The van der Waals surface area contributed by atoms with Gasteiger partial charge in [0.05, 0.1) is 5.02 Å². The second-order valence-electron chi connectivity index (χ2n) is 4.90. The van der Waals surface area contributed by atoms with Crippen molar-refractivity contribution in [3.63, 3.8) is 0 Å². The minimum Gasteiger partial charge on any atom is -0.359 e. The van der Waals surface area contributed by atoms with E-state index in [1.165, 1.54) is 6.07 Å². The van der Waals surface area contributed by atoms with Crippen LogP contribution in [0.2, 0.25) is 5.02 Å². The zero-order valence-corrected chi connectivity index (χ0v) is 12.6. The first-order valence-electron chi connectivity index (χ1n) is 6.57. The second kappa shape index (κ2) is 5.95. The molecule has 2 unspecified atom stereocenters. The van der Waals surface area contributed by atoms with Gasteiger partial charge in [0, 0.05) is 18.2 Å². The zero-order chi connectivity index (χ0) is 14.8. The number of thiocarbonyl (C=S) groups is 1. The predicted octanol–water partition coefficient (Wildman–Crippen LogP) is 3.72. The van der Waals surface area contributed by atoms with E-state index in [1.54, 1.807) is 24.4 Å². The van der Waals surface area contributed by atoms with Gasteiger partial charge in [0.15, 0.2) is 10.9 Å². The fraction of sp³-hybridized carbons (Fsp3) is 0.200. The average Bonchev–Trinajstić information content (AvgIpc) is 3.21. The van der Waals surface area contributed by atoms with Gasteiger partial charge in [-0.3, -0.25) is 0 Å². The van der Waals surface area contributed by atoms with Gasteiger partial charge in [-0.2, -0.15) is 0 Å². The summed E-state index contributed by atoms with van der Waals surface area (Å²) in [6.45, 7) is 0. The van der Waals surface area contributed by atoms with E-state index in [0.717, 1.165) is 12.0 Å². The lowest BCUT2D eigenvalue weighted by Gasteiger charge is -2.10. The number of nitrogens with zero attached hydrogens (tertiary/aromatic N) is 1. The van der Waals surface area contributed by atoms with Crippen molar-refractivity contribution in [1.82, 2.24) is 10.3 Å². The van der Waals surface area contributed by atoms with Gasteiger partial charge < -0.3 is 10.6 Å². The summed E-state index contributed by atoms with van der Waals surface area (Å²) in [6.07, 6.45) is 2.49. The lowest BCUT2D eigenvalue weighted by atomic mass is 10.1. The van der Waals surface area contributed by atoms with Crippen LogP contribution in [-0.2, 0) is 0 Å². The first-order chi connectivity index (χ1) is 10.1. The number of nitrogens with one attached hydrogen (secondary N) is 2. The summed E-state index contributed by atoms with van der Waals surface area (Å²) in [6, 6.07) is 10.5. The van der Waals surface area contributed by atoms with Crippen LogP contribution in [0.1, 0.15) is 17.9 Å². The molecule has 2 atom stereocenters. The van der Waals surface area contributed by atoms with E-state index in [9.17, 15) is 4.39 Å². The highest BCUT2D eigenvalue weighted by Crippen LogP contribution is 2.41. The smallest absolute Gasteiger partial charge is 0.172 e. The largest absolute Gasteiger partial charge is 0.359 e. The second-order valence-corrected chi connectivity index (χ2v) is 5.72. The van der Waals surface area contributed by atoms with E-state index >= 15 is 0 Å². The zero-order valence-electron chi connectivity index (χ0n) is 11.0. The van der Waals surface area contributed by atoms with E-state index in [2.05, 4.69) is 15.6 Å². The van der Waals surface area contributed by atoms with Crippen LogP contribution in [0, 0.1) is 5.82 Å². The van der Waals surface area contributed by atoms with Gasteiger partial charge in [-0.1, -0.05) is 29.8 Å². The van der Waals surface area contributed by atoms with Crippen molar-refractivity contribution in [1.29, 1.82) is 0 Å². The molecule has 1 heterocycles. The Balaban J connectivity index is 1.58. The van der Waals surface area contributed by atoms with Gasteiger partial charge in [0.25, 0.3) is 0 Å². The number of rotatable bonds is 3. The van der Waals surface area contributed by atoms with Gasteiger partial charge in [0.1, 0.15) is 5.82 Å². The molecule has 0 bridgehead atoms. The molecule has 1 fully saturated rings. The predicted molar refractivity (Wildman–Crippen MR) is 86.1 cm³/mol. The van der Waals surface area contributed by atoms with Gasteiger partial charge in [-0.25, -0.2) is 9.37 Å². The molecule has 0 saturated heterocycles. The van der Waals surface area contributed by atoms with Crippen molar-refractivity contribution in [3.05, 3.63) is 59.0 Å². The molecule has 0 aliphatic heterocycles. The van der Waals surface area contributed by atoms with Crippen molar-refractivity contribution in [3.8, 4) is 0 Å². The van der Waals surface area contributed by atoms with Gasteiger partial charge in [0.2, 0.25) is 0 Å². The minimum atomic E-state index is -0.168. The highest BCUT2D eigenvalue weighted by atomic mass is 35.5. The number of benzene rings is 1. The van der Waals surface area contributed by atoms with Crippen LogP contribution in [-0.4, -0.2) is 16.1 Å². The van der Waals surface area contributed by atoms with E-state index in [0.29, 0.717) is 16.0 Å². The number of hydrogen-bond acceptors (Lipinski definition) is 2. The lowest BCUT2D eigenvalue weighted by Crippen LogP contribution is -2.31. The molecule has 0 amide bonds. The third-order valence-corrected chi connectivity index (χ3v) is 3.93. The third kappa shape index (κ3) is 3.31. The summed E-state index contributed by atoms with van der Waals surface area (Å²) in [7, 11) is 0. The van der Waals surface area contributed by atoms with E-state index in [1.807, 2.05) is 12.1 Å². The monoisotopic (exact) mass is 321 g/mol. The highest BCUT2D eigenvalue weighted by Gasteiger charge is 2.40. The molecule has 1 aromatic carbocycles. The molecule has 2 aromatic rings. The van der Waals surface area contributed by atoms with Crippen LogP contribution in [0.5, 0.6) is 0 Å². The van der Waals surface area contributed by atoms with Crippen LogP contribution >= 0.6 is 23.8 Å². The quantitative estimate of drug-likeness (QED) is 0.845. The molecule has 1 aromatic heterocycles. The highest BCUT2D eigenvalue weighted by molar-refractivity contribution is 7.80. The molecule has 2 N–H and O–H groups in total. The minimum absolute atomic E-state index is 0.143. The molecule has 6 heteroatoms. The Morgan fingerprint density at radius 1 is 1.29 bits per heavy atom. The molecule has 0 radical (unpaired) electrons. The molecule has 0 spiro atoms. The molecule has 3 nitrogen and oxygen atoms in total. The third-order valence-electron chi connectivity index (χ3n) is 3.40. The molecular weight excluding hydrogens is 309 g/mol.